The van der Waals surface area contributed by atoms with Gasteiger partial charge in [0.25, 0.3) is 0 Å². The lowest BCUT2D eigenvalue weighted by molar-refractivity contribution is -0.139. The summed E-state index contributed by atoms with van der Waals surface area (Å²) in [6, 6.07) is 0. The standard InChI is InChI=1S/C9H14O3/c1-4-6-8(7(3)10)9(11)12-5-2/h6H,4-5H2,1-3H3. The third-order valence-electron chi connectivity index (χ3n) is 1.28. The normalized spacial score (nSPS) is 11.1. The molecule has 0 rings (SSSR count). The summed E-state index contributed by atoms with van der Waals surface area (Å²) in [5.41, 5.74) is 0.152. The van der Waals surface area contributed by atoms with E-state index in [1.807, 2.05) is 6.92 Å². The Morgan fingerprint density at radius 3 is 2.25 bits per heavy atom. The molecule has 0 saturated carbocycles. The Morgan fingerprint density at radius 1 is 1.33 bits per heavy atom. The van der Waals surface area contributed by atoms with Gasteiger partial charge in [0.05, 0.1) is 12.2 Å². The molecule has 0 saturated heterocycles. The molecule has 0 aliphatic rings. The van der Waals surface area contributed by atoms with E-state index in [1.165, 1.54) is 6.92 Å². The quantitative estimate of drug-likeness (QED) is 0.278. The summed E-state index contributed by atoms with van der Waals surface area (Å²) >= 11 is 0. The Bertz CT molecular complexity index is 204. The largest absolute Gasteiger partial charge is 0.462 e. The second-order valence-electron chi connectivity index (χ2n) is 2.30. The first kappa shape index (κ1) is 10.9. The highest BCUT2D eigenvalue weighted by Crippen LogP contribution is 2.01. The van der Waals surface area contributed by atoms with Gasteiger partial charge < -0.3 is 4.74 Å². The van der Waals surface area contributed by atoms with Crippen LogP contribution < -0.4 is 0 Å². The molecule has 0 aromatic heterocycles. The van der Waals surface area contributed by atoms with Gasteiger partial charge in [-0.2, -0.15) is 0 Å². The smallest absolute Gasteiger partial charge is 0.341 e. The monoisotopic (exact) mass is 170 g/mol. The van der Waals surface area contributed by atoms with E-state index in [4.69, 9.17) is 0 Å². The first-order valence-electron chi connectivity index (χ1n) is 4.01. The van der Waals surface area contributed by atoms with Gasteiger partial charge in [0, 0.05) is 0 Å². The third-order valence-corrected chi connectivity index (χ3v) is 1.28. The molecule has 12 heavy (non-hydrogen) atoms. The van der Waals surface area contributed by atoms with Gasteiger partial charge in [-0.1, -0.05) is 13.0 Å². The molecule has 0 aromatic carbocycles. The molecule has 0 aliphatic heterocycles. The molecule has 0 N–H and O–H groups in total. The first-order chi connectivity index (χ1) is 5.63. The van der Waals surface area contributed by atoms with E-state index >= 15 is 0 Å². The number of carbonyl (C=O) groups is 2. The van der Waals surface area contributed by atoms with Crippen LogP contribution in [0.4, 0.5) is 0 Å². The number of hydrogen-bond donors (Lipinski definition) is 0. The Kier molecular flexibility index (Phi) is 5.00. The Balaban J connectivity index is 4.41. The van der Waals surface area contributed by atoms with Crippen molar-refractivity contribution in [3.63, 3.8) is 0 Å². The highest BCUT2D eigenvalue weighted by molar-refractivity contribution is 6.16. The van der Waals surface area contributed by atoms with Crippen LogP contribution in [-0.4, -0.2) is 18.4 Å². The van der Waals surface area contributed by atoms with Crippen LogP contribution in [0.25, 0.3) is 0 Å². The van der Waals surface area contributed by atoms with Gasteiger partial charge in [0.1, 0.15) is 0 Å². The van der Waals surface area contributed by atoms with Crippen molar-refractivity contribution in [2.45, 2.75) is 27.2 Å². The highest BCUT2D eigenvalue weighted by Gasteiger charge is 2.13. The maximum absolute atomic E-state index is 11.1. The van der Waals surface area contributed by atoms with E-state index in [0.717, 1.165) is 0 Å². The Morgan fingerprint density at radius 2 is 1.92 bits per heavy atom. The lowest BCUT2D eigenvalue weighted by atomic mass is 10.1. The second kappa shape index (κ2) is 5.52. The molecule has 0 fully saturated rings. The van der Waals surface area contributed by atoms with E-state index in [9.17, 15) is 9.59 Å². The predicted octanol–water partition coefficient (Wildman–Crippen LogP) is 1.47. The molecule has 0 spiro atoms. The van der Waals surface area contributed by atoms with Crippen molar-refractivity contribution in [2.75, 3.05) is 6.61 Å². The van der Waals surface area contributed by atoms with Gasteiger partial charge in [-0.15, -0.1) is 0 Å². The zero-order valence-corrected chi connectivity index (χ0v) is 7.72. The molecule has 0 bridgehead atoms. The average molecular weight is 170 g/mol. The fraction of sp³-hybridized carbons (Fsp3) is 0.556. The number of rotatable bonds is 4. The summed E-state index contributed by atoms with van der Waals surface area (Å²) in [5.74, 6) is -0.762. The zero-order valence-electron chi connectivity index (χ0n) is 7.72. The van der Waals surface area contributed by atoms with Gasteiger partial charge in [-0.05, 0) is 20.3 Å². The number of esters is 1. The van der Waals surface area contributed by atoms with Gasteiger partial charge in [-0.25, -0.2) is 4.79 Å². The Labute approximate surface area is 72.4 Å². The molecule has 3 nitrogen and oxygen atoms in total. The summed E-state index contributed by atoms with van der Waals surface area (Å²) in [6.07, 6.45) is 2.24. The summed E-state index contributed by atoms with van der Waals surface area (Å²) in [4.78, 5) is 21.9. The topological polar surface area (TPSA) is 43.4 Å². The van der Waals surface area contributed by atoms with Crippen molar-refractivity contribution in [1.82, 2.24) is 0 Å². The minimum absolute atomic E-state index is 0.152. The van der Waals surface area contributed by atoms with Crippen molar-refractivity contribution >= 4 is 11.8 Å². The molecule has 0 aliphatic carbocycles. The van der Waals surface area contributed by atoms with E-state index in [-0.39, 0.29) is 11.4 Å². The van der Waals surface area contributed by atoms with Crippen molar-refractivity contribution in [1.29, 1.82) is 0 Å². The van der Waals surface area contributed by atoms with E-state index < -0.39 is 5.97 Å². The van der Waals surface area contributed by atoms with Gasteiger partial charge >= 0.3 is 5.97 Å². The van der Waals surface area contributed by atoms with E-state index in [2.05, 4.69) is 4.74 Å². The molecule has 68 valence electrons. The third kappa shape index (κ3) is 3.32. The van der Waals surface area contributed by atoms with Crippen molar-refractivity contribution < 1.29 is 14.3 Å². The van der Waals surface area contributed by atoms with Crippen LogP contribution in [0.1, 0.15) is 27.2 Å². The molecule has 3 heteroatoms. The minimum Gasteiger partial charge on any atom is -0.462 e. The molecular weight excluding hydrogens is 156 g/mol. The molecular formula is C9H14O3. The van der Waals surface area contributed by atoms with Crippen LogP contribution in [0, 0.1) is 0 Å². The zero-order chi connectivity index (χ0) is 9.56. The maximum Gasteiger partial charge on any atom is 0.341 e. The van der Waals surface area contributed by atoms with Crippen molar-refractivity contribution in [3.8, 4) is 0 Å². The number of ether oxygens (including phenoxy) is 1. The van der Waals surface area contributed by atoms with Crippen LogP contribution >= 0.6 is 0 Å². The molecule has 0 aromatic rings. The second-order valence-corrected chi connectivity index (χ2v) is 2.30. The van der Waals surface area contributed by atoms with Crippen LogP contribution in [0.15, 0.2) is 11.6 Å². The van der Waals surface area contributed by atoms with Crippen LogP contribution in [0.3, 0.4) is 0 Å². The number of carbonyl (C=O) groups excluding carboxylic acids is 2. The van der Waals surface area contributed by atoms with E-state index in [1.54, 1.807) is 13.0 Å². The van der Waals surface area contributed by atoms with Crippen molar-refractivity contribution in [3.05, 3.63) is 11.6 Å². The van der Waals surface area contributed by atoms with Gasteiger partial charge in [0.2, 0.25) is 0 Å². The lowest BCUT2D eigenvalue weighted by Gasteiger charge is -2.01. The number of ketones is 1. The van der Waals surface area contributed by atoms with Crippen LogP contribution in [0.5, 0.6) is 0 Å². The first-order valence-corrected chi connectivity index (χ1v) is 4.01. The lowest BCUT2D eigenvalue weighted by Crippen LogP contribution is -2.13. The number of Topliss-reactive ketones (excluding diaryl/α,β-unsaturated/α-hetero) is 1. The maximum atomic E-state index is 11.1. The predicted molar refractivity (Wildman–Crippen MR) is 45.7 cm³/mol. The molecule has 0 radical (unpaired) electrons. The fourth-order valence-electron chi connectivity index (χ4n) is 0.784. The SMILES string of the molecule is CCC=C(C(C)=O)C(=O)OCC. The van der Waals surface area contributed by atoms with E-state index in [0.29, 0.717) is 13.0 Å². The highest BCUT2D eigenvalue weighted by atomic mass is 16.5. The summed E-state index contributed by atoms with van der Waals surface area (Å²) in [7, 11) is 0. The molecule has 0 amide bonds. The summed E-state index contributed by atoms with van der Waals surface area (Å²) in [6.45, 7) is 5.23. The fourth-order valence-corrected chi connectivity index (χ4v) is 0.784. The number of allylic oxidation sites excluding steroid dienone is 1. The molecule has 0 heterocycles. The van der Waals surface area contributed by atoms with Crippen molar-refractivity contribution in [2.24, 2.45) is 0 Å². The Hall–Kier alpha value is -1.12. The molecule has 0 atom stereocenters. The summed E-state index contributed by atoms with van der Waals surface area (Å²) < 4.78 is 4.69. The van der Waals surface area contributed by atoms with Crippen LogP contribution in [-0.2, 0) is 14.3 Å². The summed E-state index contributed by atoms with van der Waals surface area (Å²) in [5, 5.41) is 0. The average Bonchev–Trinajstić information content (AvgIpc) is 1.99. The van der Waals surface area contributed by atoms with Gasteiger partial charge in [0.15, 0.2) is 5.78 Å². The minimum atomic E-state index is -0.521. The van der Waals surface area contributed by atoms with Gasteiger partial charge in [-0.3, -0.25) is 4.79 Å². The number of hydrogen-bond acceptors (Lipinski definition) is 3. The van der Waals surface area contributed by atoms with Crippen LogP contribution in [0.2, 0.25) is 0 Å². The molecule has 0 unspecified atom stereocenters.